The molecule has 0 aliphatic carbocycles. The molecule has 0 bridgehead atoms. The molecule has 4 rings (SSSR count). The van der Waals surface area contributed by atoms with Gasteiger partial charge in [-0.3, -0.25) is 4.79 Å². The van der Waals surface area contributed by atoms with Crippen molar-refractivity contribution in [3.63, 3.8) is 0 Å². The Morgan fingerprint density at radius 3 is 2.31 bits per heavy atom. The molecule has 5 nitrogen and oxygen atoms in total. The number of carbonyl (C=O) groups excluding carboxylic acids is 1. The second kappa shape index (κ2) is 10.1. The van der Waals surface area contributed by atoms with Crippen LogP contribution >= 0.6 is 34.8 Å². The number of ketones is 1. The molecule has 0 spiro atoms. The van der Waals surface area contributed by atoms with Crippen molar-refractivity contribution < 1.29 is 9.53 Å². The lowest BCUT2D eigenvalue weighted by Gasteiger charge is -2.41. The van der Waals surface area contributed by atoms with Gasteiger partial charge in [-0.1, -0.05) is 65.1 Å². The van der Waals surface area contributed by atoms with Gasteiger partial charge in [0.2, 0.25) is 0 Å². The quantitative estimate of drug-likeness (QED) is 0.327. The molecule has 182 valence electrons. The maximum absolute atomic E-state index is 12.7. The molecule has 0 saturated carbocycles. The van der Waals surface area contributed by atoms with Crippen molar-refractivity contribution in [1.82, 2.24) is 4.90 Å². The average molecular weight is 531 g/mol. The number of hydrogen-bond donors (Lipinski definition) is 0. The number of nitrogens with zero attached hydrogens (tertiary/aromatic N) is 3. The lowest BCUT2D eigenvalue weighted by molar-refractivity contribution is -0.112. The summed E-state index contributed by atoms with van der Waals surface area (Å²) in [6, 6.07) is 20.7. The third-order valence-corrected chi connectivity index (χ3v) is 6.57. The van der Waals surface area contributed by atoms with Crippen LogP contribution in [-0.2, 0) is 11.4 Å². The van der Waals surface area contributed by atoms with Crippen LogP contribution in [0.3, 0.4) is 0 Å². The Kier molecular flexibility index (Phi) is 7.32. The minimum Gasteiger partial charge on any atom is -0.488 e. The van der Waals surface area contributed by atoms with E-state index in [4.69, 9.17) is 44.6 Å². The second-order valence-corrected chi connectivity index (χ2v) is 10.5. The third kappa shape index (κ3) is 5.43. The third-order valence-electron chi connectivity index (χ3n) is 5.60. The Balaban J connectivity index is 1.85. The molecule has 8 heteroatoms. The van der Waals surface area contributed by atoms with Gasteiger partial charge < -0.3 is 9.64 Å². The number of benzene rings is 3. The van der Waals surface area contributed by atoms with Crippen molar-refractivity contribution in [2.45, 2.75) is 46.0 Å². The van der Waals surface area contributed by atoms with Crippen LogP contribution in [0.25, 0.3) is 0 Å². The zero-order chi connectivity index (χ0) is 25.3. The summed E-state index contributed by atoms with van der Waals surface area (Å²) in [5.74, 6) is 0.825. The highest BCUT2D eigenvalue weighted by molar-refractivity contribution is 6.42. The first kappa shape index (κ1) is 25.4. The summed E-state index contributed by atoms with van der Waals surface area (Å²) in [5.41, 5.74) is 2.03. The maximum atomic E-state index is 12.7. The summed E-state index contributed by atoms with van der Waals surface area (Å²) in [5, 5.41) is 7.89. The van der Waals surface area contributed by atoms with E-state index < -0.39 is 11.7 Å². The fourth-order valence-corrected chi connectivity index (χ4v) is 4.51. The molecular weight excluding hydrogens is 505 g/mol. The Morgan fingerprint density at radius 2 is 1.69 bits per heavy atom. The number of Topliss-reactive ketones (excluding diaryl/α,β-unsaturated/α-hetero) is 1. The van der Waals surface area contributed by atoms with E-state index >= 15 is 0 Å². The molecule has 1 heterocycles. The fourth-order valence-electron chi connectivity index (χ4n) is 4.04. The van der Waals surface area contributed by atoms with Crippen LogP contribution in [0.4, 0.5) is 5.69 Å². The summed E-state index contributed by atoms with van der Waals surface area (Å²) in [6.07, 6.45) is -0.518. The minimum absolute atomic E-state index is 0.152. The normalized spacial score (nSPS) is 15.9. The molecule has 1 aliphatic heterocycles. The van der Waals surface area contributed by atoms with Crippen molar-refractivity contribution in [3.05, 3.63) is 92.9 Å². The van der Waals surface area contributed by atoms with Gasteiger partial charge >= 0.3 is 0 Å². The van der Waals surface area contributed by atoms with E-state index in [9.17, 15) is 4.79 Å². The predicted octanol–water partition coefficient (Wildman–Crippen LogP) is 7.75. The first-order valence-corrected chi connectivity index (χ1v) is 12.3. The van der Waals surface area contributed by atoms with Crippen LogP contribution in [0, 0.1) is 0 Å². The molecular formula is C27H26Cl3N3O2. The molecule has 0 N–H and O–H groups in total. The molecule has 3 aromatic rings. The number of ether oxygens (including phenoxy) is 1. The first-order valence-electron chi connectivity index (χ1n) is 11.2. The number of hydrogen-bond acceptors (Lipinski definition) is 5. The largest absolute Gasteiger partial charge is 0.488 e. The number of carbonyl (C=O) groups is 1. The van der Waals surface area contributed by atoms with Crippen LogP contribution in [0.2, 0.25) is 15.1 Å². The Labute approximate surface area is 220 Å². The topological polar surface area (TPSA) is 45.1 Å². The molecule has 0 aromatic heterocycles. The van der Waals surface area contributed by atoms with E-state index in [0.29, 0.717) is 38.9 Å². The number of anilines is 1. The number of hydrazone groups is 1. The Hall–Kier alpha value is -2.73. The van der Waals surface area contributed by atoms with Crippen molar-refractivity contribution in [3.8, 4) is 5.75 Å². The fraction of sp³-hybridized carbons (Fsp3) is 0.259. The van der Waals surface area contributed by atoms with Crippen molar-refractivity contribution in [2.24, 2.45) is 5.10 Å². The highest BCUT2D eigenvalue weighted by atomic mass is 35.5. The van der Waals surface area contributed by atoms with Crippen LogP contribution in [0.15, 0.2) is 71.8 Å². The molecule has 0 unspecified atom stereocenters. The first-order chi connectivity index (χ1) is 16.6. The van der Waals surface area contributed by atoms with E-state index in [0.717, 1.165) is 11.1 Å². The van der Waals surface area contributed by atoms with Gasteiger partial charge in [-0.25, -0.2) is 5.01 Å². The maximum Gasteiger partial charge on any atom is 0.196 e. The molecule has 1 atom stereocenters. The second-order valence-electron chi connectivity index (χ2n) is 9.29. The summed E-state index contributed by atoms with van der Waals surface area (Å²) < 4.78 is 6.28. The minimum atomic E-state index is -0.518. The number of amidine groups is 1. The lowest BCUT2D eigenvalue weighted by atomic mass is 10.00. The van der Waals surface area contributed by atoms with Crippen LogP contribution in [-0.4, -0.2) is 22.1 Å². The number of rotatable bonds is 6. The zero-order valence-corrected chi connectivity index (χ0v) is 22.2. The van der Waals surface area contributed by atoms with Gasteiger partial charge in [0.1, 0.15) is 12.4 Å². The molecule has 3 aromatic carbocycles. The van der Waals surface area contributed by atoms with Gasteiger partial charge in [-0.05, 0) is 62.7 Å². The summed E-state index contributed by atoms with van der Waals surface area (Å²) in [4.78, 5) is 14.7. The van der Waals surface area contributed by atoms with Crippen LogP contribution in [0.1, 0.15) is 45.0 Å². The monoisotopic (exact) mass is 529 g/mol. The van der Waals surface area contributed by atoms with Crippen LogP contribution in [0.5, 0.6) is 5.75 Å². The van der Waals surface area contributed by atoms with E-state index in [2.05, 4.69) is 0 Å². The highest BCUT2D eigenvalue weighted by Crippen LogP contribution is 2.44. The van der Waals surface area contributed by atoms with Gasteiger partial charge in [-0.2, -0.15) is 0 Å². The van der Waals surface area contributed by atoms with Gasteiger partial charge in [0.05, 0.1) is 15.7 Å². The molecule has 0 saturated heterocycles. The van der Waals surface area contributed by atoms with Crippen molar-refractivity contribution in [1.29, 1.82) is 0 Å². The smallest absolute Gasteiger partial charge is 0.196 e. The van der Waals surface area contributed by atoms with E-state index in [1.54, 1.807) is 23.2 Å². The lowest BCUT2D eigenvalue weighted by Crippen LogP contribution is -2.49. The molecule has 0 amide bonds. The Morgan fingerprint density at radius 1 is 0.971 bits per heavy atom. The number of halogens is 3. The van der Waals surface area contributed by atoms with E-state index in [1.807, 2.05) is 74.2 Å². The van der Waals surface area contributed by atoms with Gasteiger partial charge in [0.15, 0.2) is 17.8 Å². The molecule has 1 aliphatic rings. The molecule has 0 fully saturated rings. The van der Waals surface area contributed by atoms with Gasteiger partial charge in [-0.15, -0.1) is 5.10 Å². The Bertz CT molecular complexity index is 1270. The summed E-state index contributed by atoms with van der Waals surface area (Å²) in [7, 11) is 0. The van der Waals surface area contributed by atoms with E-state index in [-0.39, 0.29) is 5.78 Å². The van der Waals surface area contributed by atoms with Crippen LogP contribution < -0.4 is 9.75 Å². The zero-order valence-electron chi connectivity index (χ0n) is 19.9. The standard InChI is InChI=1S/C27H26Cl3N3O2/c1-17(34)25-31-33(20-11-12-22(29)23(30)15-20)26(32(25)27(2,3)4)21-14-19(28)10-13-24(21)35-16-18-8-6-5-7-9-18/h5-15,26H,16H2,1-4H3/t26-/m1/s1. The van der Waals surface area contributed by atoms with Gasteiger partial charge in [0, 0.05) is 23.0 Å². The summed E-state index contributed by atoms with van der Waals surface area (Å²) in [6.45, 7) is 7.99. The predicted molar refractivity (Wildman–Crippen MR) is 144 cm³/mol. The van der Waals surface area contributed by atoms with E-state index in [1.165, 1.54) is 6.92 Å². The average Bonchev–Trinajstić information content (AvgIpc) is 3.22. The van der Waals surface area contributed by atoms with Crippen molar-refractivity contribution in [2.75, 3.05) is 5.01 Å². The van der Waals surface area contributed by atoms with Gasteiger partial charge in [0.25, 0.3) is 0 Å². The highest BCUT2D eigenvalue weighted by Gasteiger charge is 2.44. The molecule has 35 heavy (non-hydrogen) atoms. The SMILES string of the molecule is CC(=O)C1=NN(c2ccc(Cl)c(Cl)c2)[C@H](c2cc(Cl)ccc2OCc2ccccc2)N1C(C)(C)C. The molecule has 0 radical (unpaired) electrons. The summed E-state index contributed by atoms with van der Waals surface area (Å²) >= 11 is 19.0. The van der Waals surface area contributed by atoms with Crippen molar-refractivity contribution >= 4 is 52.1 Å².